The molecule has 0 amide bonds. The van der Waals surface area contributed by atoms with Gasteiger partial charge in [0.25, 0.3) is 0 Å². The lowest BCUT2D eigenvalue weighted by Crippen LogP contribution is -2.14. The van der Waals surface area contributed by atoms with Crippen molar-refractivity contribution in [2.45, 2.75) is 6.92 Å². The van der Waals surface area contributed by atoms with Gasteiger partial charge in [-0.05, 0) is 23.9 Å². The number of rotatable bonds is 1. The van der Waals surface area contributed by atoms with E-state index in [0.29, 0.717) is 0 Å². The van der Waals surface area contributed by atoms with Gasteiger partial charge in [0.05, 0.1) is 0 Å². The third kappa shape index (κ3) is 1.98. The Kier molecular flexibility index (Phi) is 3.11. The molecule has 1 nitrogen and oxygen atoms in total. The fourth-order valence-electron chi connectivity index (χ4n) is 1.16. The molecule has 1 rings (SSSR count). The summed E-state index contributed by atoms with van der Waals surface area (Å²) in [5.41, 5.74) is 2.72. The van der Waals surface area contributed by atoms with E-state index in [2.05, 4.69) is 44.6 Å². The summed E-state index contributed by atoms with van der Waals surface area (Å²) in [6.07, 6.45) is 5.53. The molecule has 1 atom stereocenters. The van der Waals surface area contributed by atoms with Crippen molar-refractivity contribution >= 4 is 8.58 Å². The maximum absolute atomic E-state index is 4.04. The van der Waals surface area contributed by atoms with Gasteiger partial charge in [-0.1, -0.05) is 21.2 Å². The molecule has 1 heterocycles. The molecule has 0 spiro atoms. The molecule has 0 aromatic rings. The molecule has 0 fully saturated rings. The smallest absolute Gasteiger partial charge is 0.0178 e. The first-order valence-electron chi connectivity index (χ1n) is 4.12. The molecule has 0 aromatic carbocycles. The summed E-state index contributed by atoms with van der Waals surface area (Å²) >= 11 is 0. The Hall–Kier alpha value is -0.550. The molecule has 0 bridgehead atoms. The van der Waals surface area contributed by atoms with Gasteiger partial charge >= 0.3 is 0 Å². The average molecular weight is 181 g/mol. The van der Waals surface area contributed by atoms with Gasteiger partial charge in [0.15, 0.2) is 0 Å². The fraction of sp³-hybridized carbons (Fsp3) is 0.400. The molecule has 2 heteroatoms. The van der Waals surface area contributed by atoms with Gasteiger partial charge in [0.1, 0.15) is 0 Å². The Labute approximate surface area is 76.6 Å². The maximum atomic E-state index is 4.04. The van der Waals surface area contributed by atoms with Crippen LogP contribution in [0.5, 0.6) is 0 Å². The van der Waals surface area contributed by atoms with E-state index in [1.807, 2.05) is 0 Å². The van der Waals surface area contributed by atoms with Crippen molar-refractivity contribution in [1.29, 1.82) is 0 Å². The van der Waals surface area contributed by atoms with Crippen LogP contribution in [0, 0.1) is 0 Å². The van der Waals surface area contributed by atoms with Gasteiger partial charge in [0, 0.05) is 26.0 Å². The quantitative estimate of drug-likeness (QED) is 0.562. The molecule has 1 aliphatic rings. The summed E-state index contributed by atoms with van der Waals surface area (Å²) in [7, 11) is 5.05. The SMILES string of the molecule is C=C1PCC(N(C)C)=C/C1=C/C. The van der Waals surface area contributed by atoms with Crippen molar-refractivity contribution in [1.82, 2.24) is 4.90 Å². The minimum absolute atomic E-state index is 0.863. The van der Waals surface area contributed by atoms with Crippen LogP contribution in [0.2, 0.25) is 0 Å². The fourth-order valence-corrected chi connectivity index (χ4v) is 2.40. The molecule has 0 radical (unpaired) electrons. The van der Waals surface area contributed by atoms with Crippen molar-refractivity contribution in [3.63, 3.8) is 0 Å². The second-order valence-electron chi connectivity index (χ2n) is 3.11. The van der Waals surface area contributed by atoms with E-state index < -0.39 is 0 Å². The standard InChI is InChI=1S/C10H16NP/c1-5-9-6-10(11(3)4)7-12-8(9)2/h5-6,12H,2,7H2,1,3-4H3/b9-5-. The predicted molar refractivity (Wildman–Crippen MR) is 57.8 cm³/mol. The van der Waals surface area contributed by atoms with Crippen LogP contribution in [0.3, 0.4) is 0 Å². The molecule has 12 heavy (non-hydrogen) atoms. The van der Waals surface area contributed by atoms with Crippen molar-refractivity contribution in [3.05, 3.63) is 35.3 Å². The molecular weight excluding hydrogens is 165 g/mol. The largest absolute Gasteiger partial charge is 0.381 e. The van der Waals surface area contributed by atoms with Crippen molar-refractivity contribution in [2.24, 2.45) is 0 Å². The molecule has 1 aliphatic heterocycles. The average Bonchev–Trinajstić information content (AvgIpc) is 2.05. The number of hydrogen-bond acceptors (Lipinski definition) is 1. The summed E-state index contributed by atoms with van der Waals surface area (Å²) in [4.78, 5) is 2.18. The monoisotopic (exact) mass is 181 g/mol. The van der Waals surface area contributed by atoms with Gasteiger partial charge in [-0.2, -0.15) is 0 Å². The Morgan fingerprint density at radius 3 is 2.75 bits per heavy atom. The van der Waals surface area contributed by atoms with Crippen LogP contribution in [-0.2, 0) is 0 Å². The van der Waals surface area contributed by atoms with Gasteiger partial charge in [-0.15, -0.1) is 0 Å². The van der Waals surface area contributed by atoms with E-state index in [4.69, 9.17) is 0 Å². The zero-order valence-electron chi connectivity index (χ0n) is 8.02. The zero-order valence-corrected chi connectivity index (χ0v) is 9.02. The van der Waals surface area contributed by atoms with Gasteiger partial charge in [-0.25, -0.2) is 0 Å². The molecule has 0 saturated carbocycles. The van der Waals surface area contributed by atoms with Gasteiger partial charge in [0.2, 0.25) is 0 Å². The lowest BCUT2D eigenvalue weighted by molar-refractivity contribution is 0.515. The van der Waals surface area contributed by atoms with Crippen LogP contribution < -0.4 is 0 Å². The second-order valence-corrected chi connectivity index (χ2v) is 4.42. The van der Waals surface area contributed by atoms with Crippen LogP contribution >= 0.6 is 8.58 Å². The first-order chi connectivity index (χ1) is 5.65. The number of nitrogens with zero attached hydrogens (tertiary/aromatic N) is 1. The minimum Gasteiger partial charge on any atom is -0.381 e. The summed E-state index contributed by atoms with van der Waals surface area (Å²) in [6.45, 7) is 6.11. The first kappa shape index (κ1) is 9.54. The van der Waals surface area contributed by atoms with Crippen molar-refractivity contribution < 1.29 is 0 Å². The van der Waals surface area contributed by atoms with Crippen molar-refractivity contribution in [3.8, 4) is 0 Å². The normalized spacial score (nSPS) is 23.1. The van der Waals surface area contributed by atoms with Crippen molar-refractivity contribution in [2.75, 3.05) is 20.3 Å². The minimum atomic E-state index is 0.863. The lowest BCUT2D eigenvalue weighted by Gasteiger charge is -2.23. The molecular formula is C10H16NP. The highest BCUT2D eigenvalue weighted by Gasteiger charge is 2.10. The van der Waals surface area contributed by atoms with Crippen LogP contribution in [0.4, 0.5) is 0 Å². The highest BCUT2D eigenvalue weighted by atomic mass is 31.1. The Bertz CT molecular complexity index is 249. The summed E-state index contributed by atoms with van der Waals surface area (Å²) < 4.78 is 0. The Balaban J connectivity index is 2.88. The second kappa shape index (κ2) is 3.91. The summed E-state index contributed by atoms with van der Waals surface area (Å²) in [5, 5.41) is 1.29. The van der Waals surface area contributed by atoms with Crippen LogP contribution in [0.25, 0.3) is 0 Å². The van der Waals surface area contributed by atoms with E-state index >= 15 is 0 Å². The number of hydrogen-bond donors (Lipinski definition) is 0. The summed E-state index contributed by atoms with van der Waals surface area (Å²) in [5.74, 6) is 0. The first-order valence-corrected chi connectivity index (χ1v) is 5.33. The van der Waals surface area contributed by atoms with E-state index in [9.17, 15) is 0 Å². The van der Waals surface area contributed by atoms with E-state index in [1.165, 1.54) is 16.6 Å². The highest BCUT2D eigenvalue weighted by molar-refractivity contribution is 7.43. The molecule has 0 aliphatic carbocycles. The van der Waals surface area contributed by atoms with Crippen LogP contribution in [-0.4, -0.2) is 25.2 Å². The summed E-state index contributed by atoms with van der Waals surface area (Å²) in [6, 6.07) is 0. The van der Waals surface area contributed by atoms with Gasteiger partial charge in [-0.3, -0.25) is 0 Å². The lowest BCUT2D eigenvalue weighted by atomic mass is 10.2. The highest BCUT2D eigenvalue weighted by Crippen LogP contribution is 2.36. The van der Waals surface area contributed by atoms with E-state index in [0.717, 1.165) is 14.7 Å². The molecule has 0 saturated heterocycles. The van der Waals surface area contributed by atoms with E-state index in [-0.39, 0.29) is 0 Å². The Morgan fingerprint density at radius 1 is 1.58 bits per heavy atom. The maximum Gasteiger partial charge on any atom is 0.0178 e. The zero-order chi connectivity index (χ0) is 9.14. The number of allylic oxidation sites excluding steroid dienone is 5. The molecule has 1 unspecified atom stereocenters. The predicted octanol–water partition coefficient (Wildman–Crippen LogP) is 2.58. The molecule has 0 aromatic heterocycles. The third-order valence-electron chi connectivity index (χ3n) is 2.04. The van der Waals surface area contributed by atoms with E-state index in [1.54, 1.807) is 0 Å². The molecule has 66 valence electrons. The van der Waals surface area contributed by atoms with Gasteiger partial charge < -0.3 is 4.90 Å². The van der Waals surface area contributed by atoms with Crippen LogP contribution in [0.15, 0.2) is 35.3 Å². The molecule has 0 N–H and O–H groups in total. The third-order valence-corrected chi connectivity index (χ3v) is 3.29. The van der Waals surface area contributed by atoms with Crippen LogP contribution in [0.1, 0.15) is 6.92 Å². The topological polar surface area (TPSA) is 3.24 Å². The Morgan fingerprint density at radius 2 is 2.25 bits per heavy atom.